The lowest BCUT2D eigenvalue weighted by molar-refractivity contribution is 0.0697. The predicted molar refractivity (Wildman–Crippen MR) is 119 cm³/mol. The van der Waals surface area contributed by atoms with Gasteiger partial charge in [0.25, 0.3) is 0 Å². The average molecular weight is 414 g/mol. The Morgan fingerprint density at radius 3 is 2.58 bits per heavy atom. The van der Waals surface area contributed by atoms with Crippen LogP contribution < -0.4 is 11.0 Å². The number of fused-ring (bicyclic) bond motifs is 1. The van der Waals surface area contributed by atoms with Gasteiger partial charge >= 0.3 is 11.7 Å². The van der Waals surface area contributed by atoms with Gasteiger partial charge in [-0.25, -0.2) is 14.6 Å². The standard InChI is InChI=1S/C24H22N4O3/c1-15-13-18(16-4-6-17(7-5-16)23(29)30)8-9-20(15)28-21-3-2-11-26-22(21)27(24(28)31)19-10-12-25-14-19/h2-9,11,13,19,25H,10,12,14H2,1H3,(H,29,30)/t19-/m1/s1. The molecule has 156 valence electrons. The van der Waals surface area contributed by atoms with Crippen molar-refractivity contribution in [1.29, 1.82) is 0 Å². The summed E-state index contributed by atoms with van der Waals surface area (Å²) in [5.41, 5.74) is 5.33. The Balaban J connectivity index is 1.62. The molecule has 1 saturated heterocycles. The normalized spacial score (nSPS) is 16.1. The first kappa shape index (κ1) is 19.3. The van der Waals surface area contributed by atoms with Crippen molar-refractivity contribution in [3.05, 3.63) is 82.4 Å². The van der Waals surface area contributed by atoms with Crippen molar-refractivity contribution < 1.29 is 9.90 Å². The Hall–Kier alpha value is -3.71. The second-order valence-electron chi connectivity index (χ2n) is 7.86. The SMILES string of the molecule is Cc1cc(-c2ccc(C(=O)O)cc2)ccc1-n1c(=O)n([C@@H]2CCNC2)c2ncccc21. The molecule has 2 N–H and O–H groups in total. The molecule has 7 nitrogen and oxygen atoms in total. The van der Waals surface area contributed by atoms with Gasteiger partial charge in [-0.15, -0.1) is 0 Å². The first-order chi connectivity index (χ1) is 15.0. The van der Waals surface area contributed by atoms with Crippen molar-refractivity contribution in [1.82, 2.24) is 19.4 Å². The van der Waals surface area contributed by atoms with E-state index in [0.717, 1.165) is 47.4 Å². The quantitative estimate of drug-likeness (QED) is 0.534. The molecular weight excluding hydrogens is 392 g/mol. The number of hydrogen-bond donors (Lipinski definition) is 2. The van der Waals surface area contributed by atoms with Gasteiger partial charge in [0.05, 0.1) is 22.8 Å². The van der Waals surface area contributed by atoms with Crippen molar-refractivity contribution in [2.24, 2.45) is 0 Å². The van der Waals surface area contributed by atoms with E-state index in [4.69, 9.17) is 5.11 Å². The largest absolute Gasteiger partial charge is 0.478 e. The summed E-state index contributed by atoms with van der Waals surface area (Å²) < 4.78 is 3.56. The van der Waals surface area contributed by atoms with Gasteiger partial charge in [-0.1, -0.05) is 18.2 Å². The molecule has 0 amide bonds. The minimum Gasteiger partial charge on any atom is -0.478 e. The summed E-state index contributed by atoms with van der Waals surface area (Å²) >= 11 is 0. The number of nitrogens with one attached hydrogen (secondary N) is 1. The maximum absolute atomic E-state index is 13.5. The summed E-state index contributed by atoms with van der Waals surface area (Å²) in [4.78, 5) is 29.1. The highest BCUT2D eigenvalue weighted by Crippen LogP contribution is 2.27. The Labute approximate surface area is 178 Å². The molecule has 7 heteroatoms. The van der Waals surface area contributed by atoms with Crippen LogP contribution in [0.1, 0.15) is 28.4 Å². The lowest BCUT2D eigenvalue weighted by Gasteiger charge is -2.11. The minimum absolute atomic E-state index is 0.0796. The lowest BCUT2D eigenvalue weighted by Crippen LogP contribution is -2.28. The Morgan fingerprint density at radius 1 is 1.13 bits per heavy atom. The highest BCUT2D eigenvalue weighted by Gasteiger charge is 2.25. The number of aromatic nitrogens is 3. The van der Waals surface area contributed by atoms with Crippen LogP contribution in [0.3, 0.4) is 0 Å². The third kappa shape index (κ3) is 3.23. The zero-order chi connectivity index (χ0) is 21.5. The molecule has 1 aliphatic heterocycles. The van der Waals surface area contributed by atoms with E-state index in [9.17, 15) is 9.59 Å². The van der Waals surface area contributed by atoms with Crippen molar-refractivity contribution in [3.63, 3.8) is 0 Å². The topological polar surface area (TPSA) is 89.1 Å². The molecular formula is C24H22N4O3. The van der Waals surface area contributed by atoms with Crippen LogP contribution in [-0.2, 0) is 0 Å². The Bertz CT molecular complexity index is 1350. The number of nitrogens with zero attached hydrogens (tertiary/aromatic N) is 3. The molecule has 31 heavy (non-hydrogen) atoms. The molecule has 1 fully saturated rings. The van der Waals surface area contributed by atoms with Crippen LogP contribution in [0.4, 0.5) is 0 Å². The smallest absolute Gasteiger partial charge is 0.335 e. The van der Waals surface area contributed by atoms with Crippen LogP contribution in [0, 0.1) is 6.92 Å². The van der Waals surface area contributed by atoms with Gasteiger partial charge in [0, 0.05) is 12.7 Å². The molecule has 4 aromatic rings. The number of carboxylic acids is 1. The molecule has 0 saturated carbocycles. The fraction of sp³-hybridized carbons (Fsp3) is 0.208. The number of imidazole rings is 1. The maximum Gasteiger partial charge on any atom is 0.335 e. The summed E-state index contributed by atoms with van der Waals surface area (Å²) in [6.07, 6.45) is 2.63. The fourth-order valence-corrected chi connectivity index (χ4v) is 4.36. The molecule has 0 radical (unpaired) electrons. The van der Waals surface area contributed by atoms with Crippen LogP contribution in [0.25, 0.3) is 28.0 Å². The molecule has 3 heterocycles. The van der Waals surface area contributed by atoms with Crippen LogP contribution in [-0.4, -0.2) is 38.3 Å². The van der Waals surface area contributed by atoms with Gasteiger partial charge in [0.1, 0.15) is 0 Å². The molecule has 0 bridgehead atoms. The number of aryl methyl sites for hydroxylation is 1. The number of hydrogen-bond acceptors (Lipinski definition) is 4. The van der Waals surface area contributed by atoms with Crippen LogP contribution in [0.2, 0.25) is 0 Å². The number of rotatable bonds is 4. The molecule has 0 spiro atoms. The summed E-state index contributed by atoms with van der Waals surface area (Å²) in [6.45, 7) is 3.64. The third-order valence-electron chi connectivity index (χ3n) is 5.93. The Kier molecular flexibility index (Phi) is 4.67. The monoisotopic (exact) mass is 414 g/mol. The van der Waals surface area contributed by atoms with Crippen molar-refractivity contribution in [2.75, 3.05) is 13.1 Å². The molecule has 1 aliphatic rings. The maximum atomic E-state index is 13.5. The highest BCUT2D eigenvalue weighted by molar-refractivity contribution is 5.88. The fourth-order valence-electron chi connectivity index (χ4n) is 4.36. The van der Waals surface area contributed by atoms with Crippen molar-refractivity contribution in [3.8, 4) is 16.8 Å². The van der Waals surface area contributed by atoms with E-state index in [2.05, 4.69) is 10.3 Å². The molecule has 5 rings (SSSR count). The second-order valence-corrected chi connectivity index (χ2v) is 7.86. The van der Waals surface area contributed by atoms with Gasteiger partial charge in [-0.05, 0) is 73.0 Å². The number of benzene rings is 2. The first-order valence-electron chi connectivity index (χ1n) is 10.3. The highest BCUT2D eigenvalue weighted by atomic mass is 16.4. The number of aromatic carboxylic acids is 1. The summed E-state index contributed by atoms with van der Waals surface area (Å²) in [7, 11) is 0. The van der Waals surface area contributed by atoms with Gasteiger partial charge in [-0.3, -0.25) is 9.13 Å². The number of carboxylic acid groups (broad SMARTS) is 1. The van der Waals surface area contributed by atoms with E-state index < -0.39 is 5.97 Å². The van der Waals surface area contributed by atoms with E-state index in [-0.39, 0.29) is 17.3 Å². The van der Waals surface area contributed by atoms with Crippen LogP contribution in [0.5, 0.6) is 0 Å². The van der Waals surface area contributed by atoms with Crippen LogP contribution >= 0.6 is 0 Å². The van der Waals surface area contributed by atoms with E-state index in [0.29, 0.717) is 5.65 Å². The summed E-state index contributed by atoms with van der Waals surface area (Å²) in [6, 6.07) is 16.6. The summed E-state index contributed by atoms with van der Waals surface area (Å²) in [5, 5.41) is 12.4. The summed E-state index contributed by atoms with van der Waals surface area (Å²) in [5.74, 6) is -0.945. The van der Waals surface area contributed by atoms with Gasteiger partial charge < -0.3 is 10.4 Å². The first-order valence-corrected chi connectivity index (χ1v) is 10.3. The Morgan fingerprint density at radius 2 is 1.90 bits per heavy atom. The van der Waals surface area contributed by atoms with E-state index in [1.54, 1.807) is 35.0 Å². The molecule has 0 aliphatic carbocycles. The predicted octanol–water partition coefficient (Wildman–Crippen LogP) is 3.40. The number of pyridine rings is 1. The van der Waals surface area contributed by atoms with Gasteiger partial charge in [0.2, 0.25) is 0 Å². The molecule has 2 aromatic carbocycles. The van der Waals surface area contributed by atoms with Crippen LogP contribution in [0.15, 0.2) is 65.6 Å². The van der Waals surface area contributed by atoms with Gasteiger partial charge in [0.15, 0.2) is 5.65 Å². The van der Waals surface area contributed by atoms with E-state index in [1.807, 2.05) is 41.8 Å². The zero-order valence-corrected chi connectivity index (χ0v) is 17.1. The van der Waals surface area contributed by atoms with E-state index in [1.165, 1.54) is 0 Å². The third-order valence-corrected chi connectivity index (χ3v) is 5.93. The molecule has 2 aromatic heterocycles. The molecule has 1 atom stereocenters. The average Bonchev–Trinajstić information content (AvgIpc) is 3.39. The van der Waals surface area contributed by atoms with Gasteiger partial charge in [-0.2, -0.15) is 0 Å². The zero-order valence-electron chi connectivity index (χ0n) is 17.1. The van der Waals surface area contributed by atoms with Crippen molar-refractivity contribution in [2.45, 2.75) is 19.4 Å². The minimum atomic E-state index is -0.945. The second kappa shape index (κ2) is 7.52. The molecule has 0 unspecified atom stereocenters. The van der Waals surface area contributed by atoms with E-state index >= 15 is 0 Å². The van der Waals surface area contributed by atoms with Crippen molar-refractivity contribution >= 4 is 17.1 Å². The number of carbonyl (C=O) groups is 1. The lowest BCUT2D eigenvalue weighted by atomic mass is 10.0.